The van der Waals surface area contributed by atoms with Gasteiger partial charge in [0.15, 0.2) is 0 Å². The van der Waals surface area contributed by atoms with Crippen molar-refractivity contribution in [1.82, 2.24) is 16.0 Å². The minimum Gasteiger partial charge on any atom is -0.497 e. The van der Waals surface area contributed by atoms with Crippen LogP contribution in [0.15, 0.2) is 36.4 Å². The maximum atomic E-state index is 12.7. The summed E-state index contributed by atoms with van der Waals surface area (Å²) in [6.07, 6.45) is 2.31. The van der Waals surface area contributed by atoms with Crippen LogP contribution in [0.3, 0.4) is 0 Å². The van der Waals surface area contributed by atoms with E-state index >= 15 is 0 Å². The average molecular weight is 367 g/mol. The molecule has 2 aromatic rings. The maximum Gasteiger partial charge on any atom is 0.238 e. The van der Waals surface area contributed by atoms with Gasteiger partial charge in [-0.1, -0.05) is 18.2 Å². The van der Waals surface area contributed by atoms with Crippen molar-refractivity contribution in [3.63, 3.8) is 0 Å². The Balaban J connectivity index is 1.44. The van der Waals surface area contributed by atoms with E-state index < -0.39 is 6.04 Å². The first-order valence-corrected chi connectivity index (χ1v) is 9.47. The molecule has 0 radical (unpaired) electrons. The number of carbonyl (C=O) groups is 2. The fourth-order valence-corrected chi connectivity index (χ4v) is 3.62. The van der Waals surface area contributed by atoms with Gasteiger partial charge in [-0.2, -0.15) is 0 Å². The molecule has 0 spiro atoms. The lowest BCUT2D eigenvalue weighted by Crippen LogP contribution is -2.61. The van der Waals surface area contributed by atoms with Crippen LogP contribution in [0.25, 0.3) is 10.8 Å². The Bertz CT molecular complexity index is 878. The van der Waals surface area contributed by atoms with Gasteiger partial charge in [0.2, 0.25) is 11.8 Å². The molecule has 27 heavy (non-hydrogen) atoms. The molecule has 1 aliphatic carbocycles. The topological polar surface area (TPSA) is 79.5 Å². The molecule has 0 aromatic heterocycles. The Hall–Kier alpha value is -2.60. The fourth-order valence-electron chi connectivity index (χ4n) is 3.62. The molecule has 1 heterocycles. The second-order valence-electron chi connectivity index (χ2n) is 7.51. The highest BCUT2D eigenvalue weighted by Crippen LogP contribution is 2.32. The summed E-state index contributed by atoms with van der Waals surface area (Å²) in [4.78, 5) is 24.6. The monoisotopic (exact) mass is 367 g/mol. The van der Waals surface area contributed by atoms with Gasteiger partial charge in [0.25, 0.3) is 0 Å². The van der Waals surface area contributed by atoms with E-state index in [0.717, 1.165) is 34.9 Å². The van der Waals surface area contributed by atoms with Crippen molar-refractivity contribution in [3.05, 3.63) is 42.0 Å². The van der Waals surface area contributed by atoms with Crippen molar-refractivity contribution >= 4 is 22.6 Å². The number of methoxy groups -OCH3 is 1. The van der Waals surface area contributed by atoms with E-state index in [0.29, 0.717) is 5.92 Å². The van der Waals surface area contributed by atoms with Gasteiger partial charge in [0.1, 0.15) is 5.75 Å². The fraction of sp³-hybridized carbons (Fsp3) is 0.429. The van der Waals surface area contributed by atoms with Gasteiger partial charge < -0.3 is 15.4 Å². The van der Waals surface area contributed by atoms with Gasteiger partial charge >= 0.3 is 0 Å². The lowest BCUT2D eigenvalue weighted by atomic mass is 10.0. The minimum absolute atomic E-state index is 0.0573. The number of hydrogen-bond donors (Lipinski definition) is 3. The van der Waals surface area contributed by atoms with Crippen LogP contribution in [-0.2, 0) is 9.59 Å². The summed E-state index contributed by atoms with van der Waals surface area (Å²) in [6, 6.07) is 11.4. The van der Waals surface area contributed by atoms with Crippen LogP contribution < -0.4 is 20.7 Å². The molecule has 2 aromatic carbocycles. The number of amides is 2. The summed E-state index contributed by atoms with van der Waals surface area (Å²) < 4.78 is 5.26. The zero-order valence-corrected chi connectivity index (χ0v) is 15.6. The van der Waals surface area contributed by atoms with E-state index in [1.807, 2.05) is 37.3 Å². The molecule has 1 saturated heterocycles. The van der Waals surface area contributed by atoms with Crippen molar-refractivity contribution < 1.29 is 14.3 Å². The summed E-state index contributed by atoms with van der Waals surface area (Å²) in [5.41, 5.74) is 1.03. The highest BCUT2D eigenvalue weighted by molar-refractivity contribution is 5.90. The molecule has 1 saturated carbocycles. The molecule has 3 N–H and O–H groups in total. The summed E-state index contributed by atoms with van der Waals surface area (Å²) in [5.74, 6) is 1.10. The van der Waals surface area contributed by atoms with Gasteiger partial charge in [-0.25, -0.2) is 0 Å². The smallest absolute Gasteiger partial charge is 0.238 e. The lowest BCUT2D eigenvalue weighted by molar-refractivity contribution is -0.132. The molecule has 0 bridgehead atoms. The van der Waals surface area contributed by atoms with E-state index in [9.17, 15) is 9.59 Å². The summed E-state index contributed by atoms with van der Waals surface area (Å²) in [5, 5.41) is 11.5. The quantitative estimate of drug-likeness (QED) is 0.757. The van der Waals surface area contributed by atoms with Crippen molar-refractivity contribution in [3.8, 4) is 5.75 Å². The predicted molar refractivity (Wildman–Crippen MR) is 103 cm³/mol. The Morgan fingerprint density at radius 1 is 1.19 bits per heavy atom. The minimum atomic E-state index is -0.475. The van der Waals surface area contributed by atoms with Gasteiger partial charge in [-0.15, -0.1) is 0 Å². The molecule has 4 rings (SSSR count). The molecular weight excluding hydrogens is 342 g/mol. The zero-order valence-electron chi connectivity index (χ0n) is 15.6. The number of benzene rings is 2. The second-order valence-corrected chi connectivity index (χ2v) is 7.51. The number of carbonyl (C=O) groups excluding carboxylic acids is 2. The van der Waals surface area contributed by atoms with Crippen LogP contribution in [0.5, 0.6) is 5.75 Å². The third-order valence-corrected chi connectivity index (χ3v) is 5.43. The molecule has 6 heteroatoms. The van der Waals surface area contributed by atoms with Crippen LogP contribution in [0.2, 0.25) is 0 Å². The number of fused-ring (bicyclic) bond motifs is 1. The summed E-state index contributed by atoms with van der Waals surface area (Å²) in [7, 11) is 1.65. The molecule has 2 aliphatic rings. The first kappa shape index (κ1) is 17.8. The van der Waals surface area contributed by atoms with Crippen molar-refractivity contribution in [1.29, 1.82) is 0 Å². The van der Waals surface area contributed by atoms with Crippen molar-refractivity contribution in [2.24, 2.45) is 5.92 Å². The van der Waals surface area contributed by atoms with Crippen molar-refractivity contribution in [2.75, 3.05) is 7.11 Å². The molecule has 6 nitrogen and oxygen atoms in total. The second kappa shape index (κ2) is 7.19. The van der Waals surface area contributed by atoms with Crippen LogP contribution in [0, 0.1) is 5.92 Å². The maximum absolute atomic E-state index is 12.7. The van der Waals surface area contributed by atoms with Gasteiger partial charge in [-0.3, -0.25) is 14.9 Å². The van der Waals surface area contributed by atoms with Crippen LogP contribution >= 0.6 is 0 Å². The average Bonchev–Trinajstić information content (AvgIpc) is 3.51. The van der Waals surface area contributed by atoms with Crippen LogP contribution in [-0.4, -0.2) is 31.1 Å². The molecule has 2 fully saturated rings. The molecule has 3 unspecified atom stereocenters. The van der Waals surface area contributed by atoms with Gasteiger partial charge in [0.05, 0.1) is 31.8 Å². The third kappa shape index (κ3) is 3.90. The van der Waals surface area contributed by atoms with Gasteiger partial charge in [0, 0.05) is 0 Å². The first-order valence-electron chi connectivity index (χ1n) is 9.47. The normalized spacial score (nSPS) is 23.6. The number of ether oxygens (including phenoxy) is 1. The number of rotatable bonds is 5. The standard InChI is InChI=1S/C21H25N3O3/c1-12(14-5-6-16-10-17(27-2)8-7-15(16)9-14)22-21(26)18-11-19(25)24-20(23-18)13-3-4-13/h5-10,12-13,18,20,23H,3-4,11H2,1-2H3,(H,22,26)(H,24,25). The van der Waals surface area contributed by atoms with E-state index in [4.69, 9.17) is 4.74 Å². The number of hydrogen-bond acceptors (Lipinski definition) is 4. The van der Waals surface area contributed by atoms with Crippen molar-refractivity contribution in [2.45, 2.75) is 44.4 Å². The van der Waals surface area contributed by atoms with E-state index in [1.165, 1.54) is 0 Å². The predicted octanol–water partition coefficient (Wildman–Crippen LogP) is 2.24. The molecule has 1 aliphatic heterocycles. The van der Waals surface area contributed by atoms with Gasteiger partial charge in [-0.05, 0) is 60.2 Å². The number of nitrogens with one attached hydrogen (secondary N) is 3. The SMILES string of the molecule is COc1ccc2cc(C(C)NC(=O)C3CC(=O)NC(C4CC4)N3)ccc2c1. The Kier molecular flexibility index (Phi) is 4.74. The lowest BCUT2D eigenvalue weighted by Gasteiger charge is -2.31. The highest BCUT2D eigenvalue weighted by atomic mass is 16.5. The largest absolute Gasteiger partial charge is 0.497 e. The Morgan fingerprint density at radius 3 is 2.67 bits per heavy atom. The molecule has 142 valence electrons. The first-order chi connectivity index (χ1) is 13.0. The zero-order chi connectivity index (χ0) is 19.0. The molecule has 2 amide bonds. The molecular formula is C21H25N3O3. The van der Waals surface area contributed by atoms with E-state index in [-0.39, 0.29) is 30.4 Å². The van der Waals surface area contributed by atoms with E-state index in [2.05, 4.69) is 22.0 Å². The van der Waals surface area contributed by atoms with E-state index in [1.54, 1.807) is 7.11 Å². The summed E-state index contributed by atoms with van der Waals surface area (Å²) in [6.45, 7) is 1.96. The highest BCUT2D eigenvalue weighted by Gasteiger charge is 2.39. The van der Waals surface area contributed by atoms with Crippen LogP contribution in [0.1, 0.15) is 37.8 Å². The van der Waals surface area contributed by atoms with Crippen LogP contribution in [0.4, 0.5) is 0 Å². The third-order valence-electron chi connectivity index (χ3n) is 5.43. The Morgan fingerprint density at radius 2 is 1.93 bits per heavy atom. The molecule has 3 atom stereocenters. The summed E-state index contributed by atoms with van der Waals surface area (Å²) >= 11 is 0. The Labute approximate surface area is 158 Å².